The topological polar surface area (TPSA) is 70.6 Å². The van der Waals surface area contributed by atoms with Crippen molar-refractivity contribution >= 4 is 6.03 Å². The molecule has 1 aliphatic carbocycles. The Morgan fingerprint density at radius 2 is 2.05 bits per heavy atom. The van der Waals surface area contributed by atoms with E-state index in [9.17, 15) is 9.90 Å². The Balaban J connectivity index is 1.92. The Bertz CT molecular complexity index is 434. The van der Waals surface area contributed by atoms with Crippen molar-refractivity contribution in [3.63, 3.8) is 0 Å². The van der Waals surface area contributed by atoms with E-state index in [1.54, 1.807) is 7.11 Å². The zero-order valence-electron chi connectivity index (χ0n) is 11.8. The summed E-state index contributed by atoms with van der Waals surface area (Å²) in [4.78, 5) is 11.6. The highest BCUT2D eigenvalue weighted by Crippen LogP contribution is 2.45. The molecule has 0 radical (unpaired) electrons. The number of urea groups is 1. The van der Waals surface area contributed by atoms with Crippen LogP contribution >= 0.6 is 0 Å². The fourth-order valence-electron chi connectivity index (χ4n) is 2.31. The molecule has 5 heteroatoms. The molecule has 1 aromatic carbocycles. The van der Waals surface area contributed by atoms with Crippen LogP contribution in [0.4, 0.5) is 4.79 Å². The molecular weight excluding hydrogens is 256 g/mol. The number of aliphatic hydroxyl groups is 1. The maximum atomic E-state index is 11.6. The first-order valence-corrected chi connectivity index (χ1v) is 6.95. The van der Waals surface area contributed by atoms with Gasteiger partial charge in [0.25, 0.3) is 0 Å². The van der Waals surface area contributed by atoms with Gasteiger partial charge in [-0.25, -0.2) is 4.79 Å². The molecule has 0 saturated heterocycles. The highest BCUT2D eigenvalue weighted by atomic mass is 16.5. The van der Waals surface area contributed by atoms with Gasteiger partial charge in [0.05, 0.1) is 13.2 Å². The molecule has 110 valence electrons. The van der Waals surface area contributed by atoms with Crippen LogP contribution in [0.2, 0.25) is 0 Å². The predicted molar refractivity (Wildman–Crippen MR) is 76.3 cm³/mol. The summed E-state index contributed by atoms with van der Waals surface area (Å²) in [5.74, 6) is 0.226. The number of hydrogen-bond acceptors (Lipinski definition) is 3. The van der Waals surface area contributed by atoms with E-state index >= 15 is 0 Å². The average Bonchev–Trinajstić information content (AvgIpc) is 3.31. The second-order valence-electron chi connectivity index (χ2n) is 5.17. The lowest BCUT2D eigenvalue weighted by atomic mass is 9.89. The van der Waals surface area contributed by atoms with Crippen LogP contribution in [0.3, 0.4) is 0 Å². The highest BCUT2D eigenvalue weighted by molar-refractivity contribution is 5.73. The molecule has 0 aliphatic heterocycles. The van der Waals surface area contributed by atoms with E-state index in [1.165, 1.54) is 0 Å². The molecule has 5 nitrogen and oxygen atoms in total. The van der Waals surface area contributed by atoms with Crippen molar-refractivity contribution in [2.75, 3.05) is 26.8 Å². The van der Waals surface area contributed by atoms with E-state index < -0.39 is 5.60 Å². The van der Waals surface area contributed by atoms with Crippen LogP contribution in [0.25, 0.3) is 0 Å². The zero-order valence-corrected chi connectivity index (χ0v) is 11.8. The molecular formula is C15H22N2O3. The summed E-state index contributed by atoms with van der Waals surface area (Å²) in [5.41, 5.74) is -0.112. The normalized spacial score (nSPS) is 17.3. The summed E-state index contributed by atoms with van der Waals surface area (Å²) < 4.78 is 4.86. The van der Waals surface area contributed by atoms with Gasteiger partial charge in [-0.05, 0) is 24.3 Å². The Morgan fingerprint density at radius 3 is 2.65 bits per heavy atom. The molecule has 1 aliphatic rings. The fourth-order valence-corrected chi connectivity index (χ4v) is 2.31. The standard InChI is InChI=1S/C15H22N2O3/c1-20-10-9-16-14(18)17-11-15(19,13-7-8-13)12-5-3-2-4-6-12/h2-6,13,19H,7-11H2,1H3,(H2,16,17,18). The van der Waals surface area contributed by atoms with Gasteiger partial charge in [0.1, 0.15) is 5.60 Å². The first kappa shape index (κ1) is 14.8. The third-order valence-corrected chi connectivity index (χ3v) is 3.64. The summed E-state index contributed by atoms with van der Waals surface area (Å²) in [5, 5.41) is 16.3. The minimum absolute atomic E-state index is 0.223. The monoisotopic (exact) mass is 278 g/mol. The Hall–Kier alpha value is -1.59. The molecule has 1 saturated carbocycles. The summed E-state index contributed by atoms with van der Waals surface area (Å²) in [7, 11) is 1.58. The number of carbonyl (C=O) groups excluding carboxylic acids is 1. The number of rotatable bonds is 7. The van der Waals surface area contributed by atoms with Gasteiger partial charge in [-0.2, -0.15) is 0 Å². The van der Waals surface area contributed by atoms with Crippen molar-refractivity contribution in [2.45, 2.75) is 18.4 Å². The molecule has 1 fully saturated rings. The number of methoxy groups -OCH3 is 1. The zero-order chi connectivity index (χ0) is 14.4. The van der Waals surface area contributed by atoms with E-state index in [2.05, 4.69) is 10.6 Å². The number of amides is 2. The number of ether oxygens (including phenoxy) is 1. The molecule has 2 rings (SSSR count). The lowest BCUT2D eigenvalue weighted by molar-refractivity contribution is 0.0159. The van der Waals surface area contributed by atoms with Gasteiger partial charge in [-0.3, -0.25) is 0 Å². The van der Waals surface area contributed by atoms with Gasteiger partial charge in [-0.1, -0.05) is 30.3 Å². The molecule has 0 spiro atoms. The second kappa shape index (κ2) is 6.72. The molecule has 0 heterocycles. The third kappa shape index (κ3) is 3.71. The molecule has 1 atom stereocenters. The molecule has 1 aromatic rings. The first-order chi connectivity index (χ1) is 9.66. The van der Waals surface area contributed by atoms with Crippen LogP contribution in [0, 0.1) is 5.92 Å². The average molecular weight is 278 g/mol. The van der Waals surface area contributed by atoms with Crippen LogP contribution in [0.1, 0.15) is 18.4 Å². The van der Waals surface area contributed by atoms with Crippen LogP contribution in [0.15, 0.2) is 30.3 Å². The fraction of sp³-hybridized carbons (Fsp3) is 0.533. The van der Waals surface area contributed by atoms with E-state index in [4.69, 9.17) is 4.74 Å². The van der Waals surface area contributed by atoms with Crippen LogP contribution in [-0.4, -0.2) is 37.9 Å². The number of hydrogen-bond donors (Lipinski definition) is 3. The molecule has 1 unspecified atom stereocenters. The van der Waals surface area contributed by atoms with Gasteiger partial charge in [0.15, 0.2) is 0 Å². The number of carbonyl (C=O) groups is 1. The lowest BCUT2D eigenvalue weighted by Gasteiger charge is -2.29. The van der Waals surface area contributed by atoms with Gasteiger partial charge in [0, 0.05) is 13.7 Å². The van der Waals surface area contributed by atoms with E-state index in [0.29, 0.717) is 13.2 Å². The van der Waals surface area contributed by atoms with Gasteiger partial charge in [-0.15, -0.1) is 0 Å². The van der Waals surface area contributed by atoms with Crippen molar-refractivity contribution < 1.29 is 14.6 Å². The van der Waals surface area contributed by atoms with Crippen molar-refractivity contribution in [1.29, 1.82) is 0 Å². The maximum Gasteiger partial charge on any atom is 0.314 e. The highest BCUT2D eigenvalue weighted by Gasteiger charge is 2.45. The predicted octanol–water partition coefficient (Wildman–Crippen LogP) is 1.23. The molecule has 3 N–H and O–H groups in total. The van der Waals surface area contributed by atoms with Crippen molar-refractivity contribution in [3.8, 4) is 0 Å². The molecule has 0 aromatic heterocycles. The lowest BCUT2D eigenvalue weighted by Crippen LogP contribution is -2.46. The summed E-state index contributed by atoms with van der Waals surface area (Å²) in [6, 6.07) is 9.26. The summed E-state index contributed by atoms with van der Waals surface area (Å²) in [6.45, 7) is 1.15. The van der Waals surface area contributed by atoms with Crippen molar-refractivity contribution in [1.82, 2.24) is 10.6 Å². The van der Waals surface area contributed by atoms with E-state index in [0.717, 1.165) is 18.4 Å². The minimum atomic E-state index is -0.972. The molecule has 0 bridgehead atoms. The SMILES string of the molecule is COCCNC(=O)NCC(O)(c1ccccc1)C1CC1. The van der Waals surface area contributed by atoms with E-state index in [1.807, 2.05) is 30.3 Å². The van der Waals surface area contributed by atoms with E-state index in [-0.39, 0.29) is 18.5 Å². The van der Waals surface area contributed by atoms with Gasteiger partial charge in [0.2, 0.25) is 0 Å². The molecule has 20 heavy (non-hydrogen) atoms. The first-order valence-electron chi connectivity index (χ1n) is 6.95. The Morgan fingerprint density at radius 1 is 1.35 bits per heavy atom. The number of benzene rings is 1. The van der Waals surface area contributed by atoms with Gasteiger partial charge >= 0.3 is 6.03 Å². The second-order valence-corrected chi connectivity index (χ2v) is 5.17. The summed E-state index contributed by atoms with van der Waals surface area (Å²) >= 11 is 0. The number of nitrogens with one attached hydrogen (secondary N) is 2. The summed E-state index contributed by atoms with van der Waals surface area (Å²) in [6.07, 6.45) is 2.00. The van der Waals surface area contributed by atoms with Crippen molar-refractivity contribution in [3.05, 3.63) is 35.9 Å². The van der Waals surface area contributed by atoms with Crippen LogP contribution in [-0.2, 0) is 10.3 Å². The third-order valence-electron chi connectivity index (χ3n) is 3.64. The Kier molecular flexibility index (Phi) is 4.98. The smallest absolute Gasteiger partial charge is 0.314 e. The van der Waals surface area contributed by atoms with Gasteiger partial charge < -0.3 is 20.5 Å². The maximum absolute atomic E-state index is 11.6. The largest absolute Gasteiger partial charge is 0.383 e. The molecule has 2 amide bonds. The Labute approximate surface area is 119 Å². The van der Waals surface area contributed by atoms with Crippen molar-refractivity contribution in [2.24, 2.45) is 5.92 Å². The van der Waals surface area contributed by atoms with Crippen LogP contribution < -0.4 is 10.6 Å². The minimum Gasteiger partial charge on any atom is -0.383 e. The quantitative estimate of drug-likeness (QED) is 0.657. The van der Waals surface area contributed by atoms with Crippen LogP contribution in [0.5, 0.6) is 0 Å².